The van der Waals surface area contributed by atoms with E-state index in [1.807, 2.05) is 6.92 Å². The SMILES string of the molecule is CCCCN(CC(F)(F)F)C(=O)CCCN1C(=O)c2ccc(Br)cc2C1=O. The van der Waals surface area contributed by atoms with Crippen LogP contribution in [0, 0.1) is 0 Å². The van der Waals surface area contributed by atoms with Crippen LogP contribution < -0.4 is 0 Å². The van der Waals surface area contributed by atoms with Crippen LogP contribution in [0.3, 0.4) is 0 Å². The van der Waals surface area contributed by atoms with Crippen LogP contribution in [0.5, 0.6) is 0 Å². The first kappa shape index (κ1) is 21.4. The van der Waals surface area contributed by atoms with Gasteiger partial charge in [0.1, 0.15) is 6.54 Å². The van der Waals surface area contributed by atoms with Crippen molar-refractivity contribution < 1.29 is 27.6 Å². The molecule has 1 aromatic rings. The predicted octanol–water partition coefficient (Wildman–Crippen LogP) is 4.02. The fraction of sp³-hybridized carbons (Fsp3) is 0.500. The molecule has 2 rings (SSSR count). The number of rotatable bonds is 8. The van der Waals surface area contributed by atoms with Gasteiger partial charge in [-0.25, -0.2) is 0 Å². The summed E-state index contributed by atoms with van der Waals surface area (Å²) in [4.78, 5) is 38.6. The second-order valence-electron chi connectivity index (χ2n) is 6.34. The second-order valence-corrected chi connectivity index (χ2v) is 7.26. The highest BCUT2D eigenvalue weighted by molar-refractivity contribution is 9.10. The topological polar surface area (TPSA) is 57.7 Å². The predicted molar refractivity (Wildman–Crippen MR) is 96.3 cm³/mol. The quantitative estimate of drug-likeness (QED) is 0.564. The largest absolute Gasteiger partial charge is 0.406 e. The average Bonchev–Trinajstić information content (AvgIpc) is 2.81. The minimum atomic E-state index is -4.46. The van der Waals surface area contributed by atoms with Crippen LogP contribution in [-0.4, -0.2) is 53.3 Å². The minimum Gasteiger partial charge on any atom is -0.334 e. The number of nitrogens with zero attached hydrogens (tertiary/aromatic N) is 2. The minimum absolute atomic E-state index is 0.0106. The van der Waals surface area contributed by atoms with E-state index in [4.69, 9.17) is 0 Å². The lowest BCUT2D eigenvalue weighted by Crippen LogP contribution is -2.40. The molecule has 1 aliphatic heterocycles. The van der Waals surface area contributed by atoms with Crippen LogP contribution in [0.4, 0.5) is 13.2 Å². The Kier molecular flexibility index (Phi) is 7.02. The molecule has 148 valence electrons. The third kappa shape index (κ3) is 5.54. The van der Waals surface area contributed by atoms with Gasteiger partial charge >= 0.3 is 6.18 Å². The number of carbonyl (C=O) groups is 3. The molecule has 1 heterocycles. The summed E-state index contributed by atoms with van der Waals surface area (Å²) >= 11 is 3.24. The molecule has 0 saturated carbocycles. The molecular formula is C18H20BrF3N2O3. The first-order valence-electron chi connectivity index (χ1n) is 8.64. The zero-order valence-corrected chi connectivity index (χ0v) is 16.4. The van der Waals surface area contributed by atoms with E-state index in [0.29, 0.717) is 17.3 Å². The van der Waals surface area contributed by atoms with Gasteiger partial charge in [-0.1, -0.05) is 29.3 Å². The van der Waals surface area contributed by atoms with Gasteiger partial charge in [-0.15, -0.1) is 0 Å². The standard InChI is InChI=1S/C18H20BrF3N2O3/c1-2-3-8-23(11-18(20,21)22)15(25)5-4-9-24-16(26)13-7-6-12(19)10-14(13)17(24)27/h6-7,10H,2-5,8-9,11H2,1H3. The average molecular weight is 449 g/mol. The van der Waals surface area contributed by atoms with Gasteiger partial charge in [0.25, 0.3) is 11.8 Å². The van der Waals surface area contributed by atoms with Crippen molar-refractivity contribution >= 4 is 33.7 Å². The molecule has 0 fully saturated rings. The number of halogens is 4. The molecular weight excluding hydrogens is 429 g/mol. The molecule has 0 unspecified atom stereocenters. The molecule has 3 amide bonds. The van der Waals surface area contributed by atoms with Gasteiger partial charge < -0.3 is 4.90 Å². The Morgan fingerprint density at radius 2 is 1.81 bits per heavy atom. The number of unbranched alkanes of at least 4 members (excludes halogenated alkanes) is 1. The molecule has 1 aliphatic rings. The number of alkyl halides is 3. The summed E-state index contributed by atoms with van der Waals surface area (Å²) in [6.45, 7) is 0.572. The first-order chi connectivity index (χ1) is 12.6. The van der Waals surface area contributed by atoms with E-state index in [-0.39, 0.29) is 37.1 Å². The van der Waals surface area contributed by atoms with Crippen molar-refractivity contribution in [2.45, 2.75) is 38.8 Å². The van der Waals surface area contributed by atoms with Gasteiger partial charge in [-0.2, -0.15) is 13.2 Å². The Hall–Kier alpha value is -1.90. The number of imide groups is 1. The third-order valence-corrected chi connectivity index (χ3v) is 4.70. The second kappa shape index (κ2) is 8.86. The van der Waals surface area contributed by atoms with Gasteiger partial charge in [-0.05, 0) is 31.0 Å². The molecule has 1 aromatic carbocycles. The van der Waals surface area contributed by atoms with Crippen LogP contribution >= 0.6 is 15.9 Å². The highest BCUT2D eigenvalue weighted by atomic mass is 79.9. The van der Waals surface area contributed by atoms with E-state index in [1.165, 1.54) is 0 Å². The van der Waals surface area contributed by atoms with Gasteiger partial charge in [0.2, 0.25) is 5.91 Å². The van der Waals surface area contributed by atoms with Crippen LogP contribution in [0.25, 0.3) is 0 Å². The molecule has 9 heteroatoms. The Morgan fingerprint density at radius 3 is 2.44 bits per heavy atom. The molecule has 5 nitrogen and oxygen atoms in total. The molecule has 0 spiro atoms. The van der Waals surface area contributed by atoms with E-state index in [2.05, 4.69) is 15.9 Å². The molecule has 0 saturated heterocycles. The number of fused-ring (bicyclic) bond motifs is 1. The van der Waals surface area contributed by atoms with Gasteiger partial charge in [-0.3, -0.25) is 19.3 Å². The Labute approximate surface area is 163 Å². The summed E-state index contributed by atoms with van der Waals surface area (Å²) in [5, 5.41) is 0. The summed E-state index contributed by atoms with van der Waals surface area (Å²) in [6, 6.07) is 4.75. The monoisotopic (exact) mass is 448 g/mol. The third-order valence-electron chi connectivity index (χ3n) is 4.21. The van der Waals surface area contributed by atoms with E-state index in [0.717, 1.165) is 9.80 Å². The summed E-state index contributed by atoms with van der Waals surface area (Å²) in [5.41, 5.74) is 0.568. The number of benzene rings is 1. The smallest absolute Gasteiger partial charge is 0.334 e. The molecule has 0 aromatic heterocycles. The van der Waals surface area contributed by atoms with E-state index >= 15 is 0 Å². The van der Waals surface area contributed by atoms with Crippen molar-refractivity contribution in [1.82, 2.24) is 9.80 Å². The van der Waals surface area contributed by atoms with Gasteiger partial charge in [0.05, 0.1) is 11.1 Å². The highest BCUT2D eigenvalue weighted by Crippen LogP contribution is 2.26. The van der Waals surface area contributed by atoms with Crippen molar-refractivity contribution in [3.05, 3.63) is 33.8 Å². The van der Waals surface area contributed by atoms with Crippen molar-refractivity contribution in [1.29, 1.82) is 0 Å². The molecule has 0 atom stereocenters. The van der Waals surface area contributed by atoms with Gasteiger partial charge in [0, 0.05) is 24.0 Å². The number of carbonyl (C=O) groups excluding carboxylic acids is 3. The van der Waals surface area contributed by atoms with Crippen LogP contribution in [0.15, 0.2) is 22.7 Å². The summed E-state index contributed by atoms with van der Waals surface area (Å²) in [7, 11) is 0. The molecule has 0 N–H and O–H groups in total. The van der Waals surface area contributed by atoms with Crippen molar-refractivity contribution in [2.75, 3.05) is 19.6 Å². The maximum absolute atomic E-state index is 12.7. The summed E-state index contributed by atoms with van der Waals surface area (Å²) < 4.78 is 38.6. The van der Waals surface area contributed by atoms with Crippen molar-refractivity contribution in [3.8, 4) is 0 Å². The van der Waals surface area contributed by atoms with E-state index in [1.54, 1.807) is 18.2 Å². The zero-order chi connectivity index (χ0) is 20.2. The summed E-state index contributed by atoms with van der Waals surface area (Å²) in [6.07, 6.45) is -3.34. The van der Waals surface area contributed by atoms with Crippen LogP contribution in [0.2, 0.25) is 0 Å². The van der Waals surface area contributed by atoms with Crippen LogP contribution in [0.1, 0.15) is 53.3 Å². The van der Waals surface area contributed by atoms with E-state index < -0.39 is 30.4 Å². The zero-order valence-electron chi connectivity index (χ0n) is 14.8. The fourth-order valence-corrected chi connectivity index (χ4v) is 3.23. The number of hydrogen-bond acceptors (Lipinski definition) is 3. The van der Waals surface area contributed by atoms with Crippen LogP contribution in [-0.2, 0) is 4.79 Å². The summed E-state index contributed by atoms with van der Waals surface area (Å²) in [5.74, 6) is -1.53. The highest BCUT2D eigenvalue weighted by Gasteiger charge is 2.36. The molecule has 27 heavy (non-hydrogen) atoms. The van der Waals surface area contributed by atoms with E-state index in [9.17, 15) is 27.6 Å². The van der Waals surface area contributed by atoms with Gasteiger partial charge in [0.15, 0.2) is 0 Å². The Morgan fingerprint density at radius 1 is 1.15 bits per heavy atom. The lowest BCUT2D eigenvalue weighted by atomic mass is 10.1. The Bertz CT molecular complexity index is 737. The molecule has 0 aliphatic carbocycles. The molecule has 0 radical (unpaired) electrons. The first-order valence-corrected chi connectivity index (χ1v) is 9.43. The lowest BCUT2D eigenvalue weighted by Gasteiger charge is -2.24. The number of amides is 3. The van der Waals surface area contributed by atoms with Crippen molar-refractivity contribution in [3.63, 3.8) is 0 Å². The normalized spacial score (nSPS) is 13.9. The lowest BCUT2D eigenvalue weighted by molar-refractivity contribution is -0.161. The maximum atomic E-state index is 12.7. The fourth-order valence-electron chi connectivity index (χ4n) is 2.87. The Balaban J connectivity index is 1.93. The molecule has 0 bridgehead atoms. The van der Waals surface area contributed by atoms with Crippen molar-refractivity contribution in [2.24, 2.45) is 0 Å². The maximum Gasteiger partial charge on any atom is 0.406 e. The number of hydrogen-bond donors (Lipinski definition) is 0.